The number of anilines is 1. The zero-order chi connectivity index (χ0) is 14.2. The highest BCUT2D eigenvalue weighted by Gasteiger charge is 2.21. The SMILES string of the molecule is C#CCCCOc1cccnc1N1CCC(OC)CC1. The largest absolute Gasteiger partial charge is 0.490 e. The fourth-order valence-electron chi connectivity index (χ4n) is 2.39. The summed E-state index contributed by atoms with van der Waals surface area (Å²) in [6, 6.07) is 3.88. The van der Waals surface area contributed by atoms with Gasteiger partial charge in [0.05, 0.1) is 12.7 Å². The van der Waals surface area contributed by atoms with Crippen LogP contribution in [0.15, 0.2) is 18.3 Å². The van der Waals surface area contributed by atoms with Crippen molar-refractivity contribution in [2.45, 2.75) is 31.8 Å². The molecule has 1 aromatic rings. The van der Waals surface area contributed by atoms with Crippen molar-refractivity contribution in [2.24, 2.45) is 0 Å². The fraction of sp³-hybridized carbons (Fsp3) is 0.562. The van der Waals surface area contributed by atoms with Crippen LogP contribution >= 0.6 is 0 Å². The number of piperidine rings is 1. The normalized spacial score (nSPS) is 15.9. The van der Waals surface area contributed by atoms with E-state index in [0.29, 0.717) is 12.7 Å². The summed E-state index contributed by atoms with van der Waals surface area (Å²) in [6.07, 6.45) is 11.1. The molecule has 1 fully saturated rings. The highest BCUT2D eigenvalue weighted by Crippen LogP contribution is 2.28. The van der Waals surface area contributed by atoms with Crippen LogP contribution in [-0.4, -0.2) is 37.9 Å². The van der Waals surface area contributed by atoms with E-state index in [0.717, 1.165) is 50.3 Å². The van der Waals surface area contributed by atoms with Gasteiger partial charge in [-0.15, -0.1) is 12.3 Å². The lowest BCUT2D eigenvalue weighted by Gasteiger charge is -2.32. The third kappa shape index (κ3) is 3.88. The van der Waals surface area contributed by atoms with E-state index >= 15 is 0 Å². The zero-order valence-corrected chi connectivity index (χ0v) is 12.0. The van der Waals surface area contributed by atoms with Gasteiger partial charge in [-0.2, -0.15) is 0 Å². The molecule has 2 rings (SSSR count). The molecule has 0 aliphatic carbocycles. The molecule has 0 bridgehead atoms. The Morgan fingerprint density at radius 1 is 1.45 bits per heavy atom. The summed E-state index contributed by atoms with van der Waals surface area (Å²) in [5, 5.41) is 0. The number of unbranched alkanes of at least 4 members (excludes halogenated alkanes) is 1. The minimum absolute atomic E-state index is 0.370. The van der Waals surface area contributed by atoms with Gasteiger partial charge in [0.1, 0.15) is 0 Å². The maximum atomic E-state index is 5.81. The fourth-order valence-corrected chi connectivity index (χ4v) is 2.39. The van der Waals surface area contributed by atoms with Gasteiger partial charge in [0.15, 0.2) is 11.6 Å². The van der Waals surface area contributed by atoms with E-state index in [4.69, 9.17) is 15.9 Å². The lowest BCUT2D eigenvalue weighted by Crippen LogP contribution is -2.37. The number of hydrogen-bond acceptors (Lipinski definition) is 4. The van der Waals surface area contributed by atoms with Gasteiger partial charge in [-0.3, -0.25) is 0 Å². The van der Waals surface area contributed by atoms with Gasteiger partial charge in [0.25, 0.3) is 0 Å². The molecule has 0 saturated carbocycles. The molecule has 0 amide bonds. The second-order valence-corrected chi connectivity index (χ2v) is 4.90. The predicted octanol–water partition coefficient (Wildman–Crippen LogP) is 2.49. The third-order valence-corrected chi connectivity index (χ3v) is 3.55. The predicted molar refractivity (Wildman–Crippen MR) is 80.0 cm³/mol. The molecule has 0 radical (unpaired) electrons. The van der Waals surface area contributed by atoms with Crippen LogP contribution in [0.2, 0.25) is 0 Å². The van der Waals surface area contributed by atoms with Gasteiger partial charge < -0.3 is 14.4 Å². The van der Waals surface area contributed by atoms with E-state index in [1.807, 2.05) is 18.3 Å². The molecule has 4 nitrogen and oxygen atoms in total. The monoisotopic (exact) mass is 274 g/mol. The highest BCUT2D eigenvalue weighted by molar-refractivity contribution is 5.52. The van der Waals surface area contributed by atoms with Crippen LogP contribution < -0.4 is 9.64 Å². The number of rotatable bonds is 6. The van der Waals surface area contributed by atoms with E-state index in [1.165, 1.54) is 0 Å². The Kier molecular flexibility index (Phi) is 5.69. The molecule has 1 aliphatic heterocycles. The summed E-state index contributed by atoms with van der Waals surface area (Å²) in [4.78, 5) is 6.74. The first kappa shape index (κ1) is 14.7. The Morgan fingerprint density at radius 2 is 2.25 bits per heavy atom. The molecule has 108 valence electrons. The standard InChI is InChI=1S/C16H22N2O2/c1-3-4-5-13-20-15-7-6-10-17-16(15)18-11-8-14(19-2)9-12-18/h1,6-7,10,14H,4-5,8-9,11-13H2,2H3. The van der Waals surface area contributed by atoms with Crippen molar-refractivity contribution in [3.8, 4) is 18.1 Å². The third-order valence-electron chi connectivity index (χ3n) is 3.55. The van der Waals surface area contributed by atoms with E-state index in [2.05, 4.69) is 15.8 Å². The van der Waals surface area contributed by atoms with Crippen molar-refractivity contribution in [3.05, 3.63) is 18.3 Å². The number of aromatic nitrogens is 1. The average molecular weight is 274 g/mol. The van der Waals surface area contributed by atoms with Crippen LogP contribution in [0.1, 0.15) is 25.7 Å². The van der Waals surface area contributed by atoms with Gasteiger partial charge in [-0.25, -0.2) is 4.98 Å². The topological polar surface area (TPSA) is 34.6 Å². The summed E-state index contributed by atoms with van der Waals surface area (Å²) >= 11 is 0. The summed E-state index contributed by atoms with van der Waals surface area (Å²) in [7, 11) is 1.78. The van der Waals surface area contributed by atoms with Crippen molar-refractivity contribution in [1.29, 1.82) is 0 Å². The van der Waals surface area contributed by atoms with Crippen LogP contribution in [0, 0.1) is 12.3 Å². The van der Waals surface area contributed by atoms with Gasteiger partial charge in [0.2, 0.25) is 0 Å². The summed E-state index contributed by atoms with van der Waals surface area (Å²) in [5.74, 6) is 4.40. The summed E-state index contributed by atoms with van der Waals surface area (Å²) in [6.45, 7) is 2.55. The van der Waals surface area contributed by atoms with E-state index in [1.54, 1.807) is 7.11 Å². The Labute approximate surface area is 121 Å². The molecular formula is C16H22N2O2. The van der Waals surface area contributed by atoms with Crippen molar-refractivity contribution in [2.75, 3.05) is 31.7 Å². The zero-order valence-electron chi connectivity index (χ0n) is 12.0. The van der Waals surface area contributed by atoms with Gasteiger partial charge >= 0.3 is 0 Å². The number of pyridine rings is 1. The lowest BCUT2D eigenvalue weighted by molar-refractivity contribution is 0.0816. The van der Waals surface area contributed by atoms with Gasteiger partial charge in [0, 0.05) is 32.8 Å². The van der Waals surface area contributed by atoms with E-state index < -0.39 is 0 Å². The summed E-state index contributed by atoms with van der Waals surface area (Å²) in [5.41, 5.74) is 0. The lowest BCUT2D eigenvalue weighted by atomic mass is 10.1. The second kappa shape index (κ2) is 7.76. The van der Waals surface area contributed by atoms with E-state index in [9.17, 15) is 0 Å². The van der Waals surface area contributed by atoms with E-state index in [-0.39, 0.29) is 0 Å². The Balaban J connectivity index is 1.95. The van der Waals surface area contributed by atoms with Gasteiger partial charge in [-0.05, 0) is 31.4 Å². The molecule has 0 unspecified atom stereocenters. The molecule has 0 atom stereocenters. The van der Waals surface area contributed by atoms with Crippen molar-refractivity contribution < 1.29 is 9.47 Å². The molecule has 1 saturated heterocycles. The Morgan fingerprint density at radius 3 is 2.95 bits per heavy atom. The molecule has 4 heteroatoms. The van der Waals surface area contributed by atoms with Crippen LogP contribution in [0.3, 0.4) is 0 Å². The first-order chi connectivity index (χ1) is 9.85. The molecule has 1 aromatic heterocycles. The van der Waals surface area contributed by atoms with Crippen LogP contribution in [0.5, 0.6) is 5.75 Å². The second-order valence-electron chi connectivity index (χ2n) is 4.90. The molecule has 0 spiro atoms. The molecular weight excluding hydrogens is 252 g/mol. The number of nitrogens with zero attached hydrogens (tertiary/aromatic N) is 2. The molecule has 2 heterocycles. The Bertz CT molecular complexity index is 448. The molecule has 20 heavy (non-hydrogen) atoms. The molecule has 0 N–H and O–H groups in total. The maximum Gasteiger partial charge on any atom is 0.171 e. The van der Waals surface area contributed by atoms with Crippen LogP contribution in [0.25, 0.3) is 0 Å². The smallest absolute Gasteiger partial charge is 0.171 e. The number of terminal acetylenes is 1. The minimum Gasteiger partial charge on any atom is -0.490 e. The van der Waals surface area contributed by atoms with Gasteiger partial charge in [-0.1, -0.05) is 0 Å². The average Bonchev–Trinajstić information content (AvgIpc) is 2.52. The summed E-state index contributed by atoms with van der Waals surface area (Å²) < 4.78 is 11.2. The number of methoxy groups -OCH3 is 1. The minimum atomic E-state index is 0.370. The molecule has 0 aromatic carbocycles. The first-order valence-corrected chi connectivity index (χ1v) is 7.14. The van der Waals surface area contributed by atoms with Crippen molar-refractivity contribution in [3.63, 3.8) is 0 Å². The first-order valence-electron chi connectivity index (χ1n) is 7.14. The highest BCUT2D eigenvalue weighted by atomic mass is 16.5. The number of ether oxygens (including phenoxy) is 2. The van der Waals surface area contributed by atoms with Crippen LogP contribution in [-0.2, 0) is 4.74 Å². The van der Waals surface area contributed by atoms with Crippen molar-refractivity contribution in [1.82, 2.24) is 4.98 Å². The van der Waals surface area contributed by atoms with Crippen LogP contribution in [0.4, 0.5) is 5.82 Å². The molecule has 1 aliphatic rings. The Hall–Kier alpha value is -1.73. The van der Waals surface area contributed by atoms with Crippen molar-refractivity contribution >= 4 is 5.82 Å². The number of hydrogen-bond donors (Lipinski definition) is 0. The maximum absolute atomic E-state index is 5.81. The quantitative estimate of drug-likeness (QED) is 0.589.